The second-order valence-electron chi connectivity index (χ2n) is 5.50. The molecule has 0 spiro atoms. The van der Waals surface area contributed by atoms with Crippen LogP contribution in [0.15, 0.2) is 30.3 Å². The third-order valence-electron chi connectivity index (χ3n) is 4.07. The lowest BCUT2D eigenvalue weighted by Gasteiger charge is -2.08. The van der Waals surface area contributed by atoms with Crippen LogP contribution in [0.3, 0.4) is 0 Å². The smallest absolute Gasteiger partial charge is 0.262 e. The van der Waals surface area contributed by atoms with Crippen LogP contribution < -0.4 is 0 Å². The van der Waals surface area contributed by atoms with Crippen molar-refractivity contribution in [2.45, 2.75) is 13.3 Å². The number of rotatable bonds is 3. The predicted molar refractivity (Wildman–Crippen MR) is 84.2 cm³/mol. The van der Waals surface area contributed by atoms with Gasteiger partial charge in [-0.05, 0) is 42.8 Å². The molecule has 1 aromatic heterocycles. The number of hydrogen-bond acceptors (Lipinski definition) is 3. The van der Waals surface area contributed by atoms with E-state index in [0.717, 1.165) is 28.8 Å². The maximum Gasteiger partial charge on any atom is 0.262 e. The van der Waals surface area contributed by atoms with E-state index in [0.29, 0.717) is 6.29 Å². The molecule has 0 bridgehead atoms. The Morgan fingerprint density at radius 1 is 1.16 bits per heavy atom. The molecule has 3 rings (SSSR count). The first-order chi connectivity index (χ1) is 11.9. The number of hydrogen-bond donors (Lipinski definition) is 1. The van der Waals surface area contributed by atoms with Crippen molar-refractivity contribution < 1.29 is 27.9 Å². The van der Waals surface area contributed by atoms with E-state index >= 15 is 0 Å². The summed E-state index contributed by atoms with van der Waals surface area (Å²) in [5.41, 5.74) is 0.514. The molecule has 1 heterocycles. The maximum absolute atomic E-state index is 14.4. The highest BCUT2D eigenvalue weighted by Gasteiger charge is 2.23. The molecule has 7 heteroatoms. The van der Waals surface area contributed by atoms with Gasteiger partial charge in [0, 0.05) is 23.1 Å². The van der Waals surface area contributed by atoms with Gasteiger partial charge in [-0.1, -0.05) is 0 Å². The van der Waals surface area contributed by atoms with Gasteiger partial charge in [0.15, 0.2) is 23.2 Å². The number of benzene rings is 2. The molecule has 0 saturated heterocycles. The van der Waals surface area contributed by atoms with Crippen LogP contribution in [0.1, 0.15) is 21.6 Å². The number of phenolic OH excluding ortho intramolecular Hbond substituents is 1. The summed E-state index contributed by atoms with van der Waals surface area (Å²) >= 11 is 0. The number of aromatic hydroxyl groups is 1. The number of fused-ring (bicyclic) bond motifs is 1. The van der Waals surface area contributed by atoms with Gasteiger partial charge in [0.1, 0.15) is 6.29 Å². The van der Waals surface area contributed by atoms with E-state index in [4.69, 9.17) is 0 Å². The zero-order chi connectivity index (χ0) is 18.3. The Hall–Kier alpha value is -3.09. The van der Waals surface area contributed by atoms with Gasteiger partial charge in [-0.15, -0.1) is 0 Å². The molecular formula is C18H12F3NO3. The Morgan fingerprint density at radius 3 is 2.52 bits per heavy atom. The number of aromatic nitrogens is 1. The molecule has 0 aliphatic heterocycles. The molecule has 3 aromatic rings. The lowest BCUT2D eigenvalue weighted by molar-refractivity contribution is -0.107. The number of phenols is 1. The zero-order valence-corrected chi connectivity index (χ0v) is 13.0. The molecule has 4 nitrogen and oxygen atoms in total. The fourth-order valence-corrected chi connectivity index (χ4v) is 2.88. The highest BCUT2D eigenvalue weighted by Crippen LogP contribution is 2.33. The Balaban J connectivity index is 2.30. The summed E-state index contributed by atoms with van der Waals surface area (Å²) < 4.78 is 42.0. The SMILES string of the molecule is Cc1c(CC=O)c2c(F)c(O)ccc2n1C(=O)c1ccc(F)c(F)c1. The number of halogens is 3. The van der Waals surface area contributed by atoms with Gasteiger partial charge in [0.25, 0.3) is 5.91 Å². The predicted octanol–water partition coefficient (Wildman–Crippen LogP) is 3.50. The minimum atomic E-state index is -1.18. The molecule has 0 radical (unpaired) electrons. The van der Waals surface area contributed by atoms with Crippen molar-refractivity contribution >= 4 is 23.1 Å². The van der Waals surface area contributed by atoms with Gasteiger partial charge in [0.05, 0.1) is 5.52 Å². The van der Waals surface area contributed by atoms with Crippen molar-refractivity contribution in [2.24, 2.45) is 0 Å². The summed E-state index contributed by atoms with van der Waals surface area (Å²) in [6, 6.07) is 5.09. The van der Waals surface area contributed by atoms with Gasteiger partial charge in [0.2, 0.25) is 0 Å². The van der Waals surface area contributed by atoms with E-state index in [-0.39, 0.29) is 34.1 Å². The summed E-state index contributed by atoms with van der Waals surface area (Å²) in [7, 11) is 0. The van der Waals surface area contributed by atoms with E-state index in [2.05, 4.69) is 0 Å². The molecule has 0 fully saturated rings. The normalized spacial score (nSPS) is 11.0. The largest absolute Gasteiger partial charge is 0.505 e. The summed E-state index contributed by atoms with van der Waals surface area (Å²) in [6.45, 7) is 1.51. The van der Waals surface area contributed by atoms with Crippen LogP contribution in [0, 0.1) is 24.4 Å². The molecular weight excluding hydrogens is 335 g/mol. The molecule has 0 atom stereocenters. The number of carbonyl (C=O) groups is 2. The topological polar surface area (TPSA) is 59.3 Å². The maximum atomic E-state index is 14.4. The molecule has 0 aliphatic carbocycles. The minimum absolute atomic E-state index is 0.0551. The molecule has 0 aliphatic rings. The molecule has 1 N–H and O–H groups in total. The summed E-state index contributed by atoms with van der Waals surface area (Å²) in [6.07, 6.45) is 0.387. The van der Waals surface area contributed by atoms with Gasteiger partial charge in [-0.25, -0.2) is 13.2 Å². The Morgan fingerprint density at radius 2 is 1.88 bits per heavy atom. The van der Waals surface area contributed by atoms with Gasteiger partial charge >= 0.3 is 0 Å². The van der Waals surface area contributed by atoms with Crippen LogP contribution in [0.4, 0.5) is 13.2 Å². The van der Waals surface area contributed by atoms with E-state index in [1.165, 1.54) is 13.0 Å². The molecule has 128 valence electrons. The molecule has 25 heavy (non-hydrogen) atoms. The van der Waals surface area contributed by atoms with Crippen molar-refractivity contribution in [3.05, 3.63) is 64.6 Å². The average Bonchev–Trinajstić information content (AvgIpc) is 2.86. The first-order valence-corrected chi connectivity index (χ1v) is 7.31. The van der Waals surface area contributed by atoms with Gasteiger partial charge < -0.3 is 9.90 Å². The lowest BCUT2D eigenvalue weighted by atomic mass is 10.1. The average molecular weight is 347 g/mol. The minimum Gasteiger partial charge on any atom is -0.505 e. The van der Waals surface area contributed by atoms with E-state index in [1.54, 1.807) is 0 Å². The summed E-state index contributed by atoms with van der Waals surface area (Å²) in [5.74, 6) is -4.55. The zero-order valence-electron chi connectivity index (χ0n) is 13.0. The number of nitrogens with zero attached hydrogens (tertiary/aromatic N) is 1. The van der Waals surface area contributed by atoms with Crippen molar-refractivity contribution in [3.8, 4) is 5.75 Å². The molecule has 0 saturated carbocycles. The van der Waals surface area contributed by atoms with E-state index in [1.807, 2.05) is 0 Å². The lowest BCUT2D eigenvalue weighted by Crippen LogP contribution is -2.14. The standard InChI is InChI=1S/C18H12F3NO3/c1-9-11(6-7-23)16-14(4-5-15(24)17(16)21)22(9)18(25)10-2-3-12(19)13(20)8-10/h2-5,7-8,24H,6H2,1H3. The van der Waals surface area contributed by atoms with E-state index in [9.17, 15) is 27.9 Å². The van der Waals surface area contributed by atoms with Gasteiger partial charge in [-0.3, -0.25) is 9.36 Å². The first-order valence-electron chi connectivity index (χ1n) is 7.31. The van der Waals surface area contributed by atoms with Crippen molar-refractivity contribution in [1.82, 2.24) is 4.57 Å². The first kappa shape index (κ1) is 16.8. The fourth-order valence-electron chi connectivity index (χ4n) is 2.88. The highest BCUT2D eigenvalue weighted by molar-refractivity contribution is 6.04. The van der Waals surface area contributed by atoms with Crippen LogP contribution in [0.2, 0.25) is 0 Å². The van der Waals surface area contributed by atoms with E-state index < -0.39 is 29.1 Å². The van der Waals surface area contributed by atoms with Gasteiger partial charge in [-0.2, -0.15) is 0 Å². The molecule has 0 unspecified atom stereocenters. The number of carbonyl (C=O) groups excluding carboxylic acids is 2. The van der Waals surface area contributed by atoms with Crippen molar-refractivity contribution in [3.63, 3.8) is 0 Å². The third-order valence-corrected chi connectivity index (χ3v) is 4.07. The third kappa shape index (κ3) is 2.57. The summed E-state index contributed by atoms with van der Waals surface area (Å²) in [4.78, 5) is 23.7. The van der Waals surface area contributed by atoms with Crippen molar-refractivity contribution in [1.29, 1.82) is 0 Å². The number of aldehydes is 1. The molecule has 2 aromatic carbocycles. The Labute approximate surface area is 140 Å². The van der Waals surface area contributed by atoms with Crippen LogP contribution in [-0.4, -0.2) is 21.9 Å². The Bertz CT molecular complexity index is 1020. The summed E-state index contributed by atoms with van der Waals surface area (Å²) in [5, 5.41) is 9.53. The second kappa shape index (κ2) is 6.08. The van der Waals surface area contributed by atoms with Crippen molar-refractivity contribution in [2.75, 3.05) is 0 Å². The second-order valence-corrected chi connectivity index (χ2v) is 5.50. The Kier molecular flexibility index (Phi) is 4.08. The monoisotopic (exact) mass is 347 g/mol. The quantitative estimate of drug-likeness (QED) is 0.738. The van der Waals surface area contributed by atoms with Crippen LogP contribution in [0.25, 0.3) is 10.9 Å². The van der Waals surface area contributed by atoms with Crippen LogP contribution >= 0.6 is 0 Å². The van der Waals surface area contributed by atoms with Crippen LogP contribution in [-0.2, 0) is 11.2 Å². The molecule has 0 amide bonds. The fraction of sp³-hybridized carbons (Fsp3) is 0.111. The highest BCUT2D eigenvalue weighted by atomic mass is 19.2. The van der Waals surface area contributed by atoms with Crippen LogP contribution in [0.5, 0.6) is 5.75 Å².